The van der Waals surface area contributed by atoms with Crippen molar-refractivity contribution in [3.05, 3.63) is 12.7 Å². The summed E-state index contributed by atoms with van der Waals surface area (Å²) in [5, 5.41) is 2.89. The number of phosphoric ester groups is 2. The van der Waals surface area contributed by atoms with E-state index in [1.165, 1.54) is 12.7 Å². The van der Waals surface area contributed by atoms with Gasteiger partial charge in [-0.1, -0.05) is 0 Å². The molecule has 0 aromatic carbocycles. The predicted octanol–water partition coefficient (Wildman–Crippen LogP) is -0.617. The van der Waals surface area contributed by atoms with Gasteiger partial charge in [0.25, 0.3) is 0 Å². The van der Waals surface area contributed by atoms with Gasteiger partial charge in [0.05, 0.1) is 34.7 Å². The third-order valence-corrected chi connectivity index (χ3v) is 6.40. The van der Waals surface area contributed by atoms with Crippen LogP contribution in [0.15, 0.2) is 12.7 Å². The molecule has 19 heteroatoms. The van der Waals surface area contributed by atoms with Gasteiger partial charge in [-0.05, 0) is 18.8 Å². The summed E-state index contributed by atoms with van der Waals surface area (Å²) >= 11 is 0. The molecule has 0 amide bonds. The van der Waals surface area contributed by atoms with Crippen LogP contribution in [-0.2, 0) is 18.2 Å². The molecular formula is C13H31N9O8P2. The number of quaternary nitrogens is 4. The van der Waals surface area contributed by atoms with Crippen LogP contribution >= 0.6 is 15.6 Å². The minimum atomic E-state index is -5.34. The Morgan fingerprint density at radius 1 is 1.12 bits per heavy atom. The second-order valence-corrected chi connectivity index (χ2v) is 9.16. The summed E-state index contributed by atoms with van der Waals surface area (Å²) in [5.41, 5.74) is -0.0778. The maximum Gasteiger partial charge on any atom is 0.165 e. The highest BCUT2D eigenvalue weighted by Crippen LogP contribution is 2.70. The molecule has 4 rings (SSSR count). The van der Waals surface area contributed by atoms with E-state index in [2.05, 4.69) is 24.8 Å². The third kappa shape index (κ3) is 5.48. The summed E-state index contributed by atoms with van der Waals surface area (Å²) in [7, 11) is -8.93. The number of rotatable bonds is 7. The Labute approximate surface area is 183 Å². The first-order chi connectivity index (χ1) is 13.0. The van der Waals surface area contributed by atoms with E-state index >= 15 is 0 Å². The Morgan fingerprint density at radius 3 is 2.34 bits per heavy atom. The van der Waals surface area contributed by atoms with Gasteiger partial charge in [0.1, 0.15) is 11.8 Å². The highest BCUT2D eigenvalue weighted by Gasteiger charge is 2.68. The third-order valence-electron chi connectivity index (χ3n) is 5.44. The summed E-state index contributed by atoms with van der Waals surface area (Å²) in [6.07, 6.45) is 2.16. The fourth-order valence-electron chi connectivity index (χ4n) is 4.21. The highest BCUT2D eigenvalue weighted by molar-refractivity contribution is 7.43. The largest absolute Gasteiger partial charge is 0.790 e. The normalized spacial score (nSPS) is 26.1. The molecular weight excluding hydrogens is 472 g/mol. The smallest absolute Gasteiger partial charge is 0.165 e. The van der Waals surface area contributed by atoms with Crippen LogP contribution in [0, 0.1) is 11.3 Å². The Kier molecular flexibility index (Phi) is 9.63. The van der Waals surface area contributed by atoms with Crippen LogP contribution in [0.2, 0.25) is 0 Å². The average Bonchev–Trinajstić information content (AvgIpc) is 3.05. The van der Waals surface area contributed by atoms with Gasteiger partial charge in [0.2, 0.25) is 0 Å². The maximum absolute atomic E-state index is 11.2. The van der Waals surface area contributed by atoms with Crippen molar-refractivity contribution in [1.29, 1.82) is 0 Å². The van der Waals surface area contributed by atoms with Crippen molar-refractivity contribution in [1.82, 2.24) is 44.1 Å². The number of fused-ring (bicyclic) bond motifs is 2. The topological polar surface area (TPSA) is 346 Å². The molecule has 32 heavy (non-hydrogen) atoms. The fraction of sp³-hybridized carbons (Fsp3) is 0.615. The number of hydrogen-bond acceptors (Lipinski definition) is 12. The van der Waals surface area contributed by atoms with E-state index in [0.717, 1.165) is 0 Å². The molecule has 0 aliphatic heterocycles. The SMILES string of the molecule is CNc1ncnc2c1ncn2[C@H]1C[C@H](OP(=O)([O-])[O-])[C@]2(COP(=O)([O-])[O-])C[C@H]12.[NH4+].[NH4+].[NH4+].[NH4+]. The highest BCUT2D eigenvalue weighted by atomic mass is 31.2. The standard InChI is InChI=1S/C13H19N5O8P2.4H3N/c1-14-11-10-12(16-5-15-11)18(6-17-10)8-2-9(26-28(22,23)24)13(3-7(8)13)4-25-27(19,20)21;;;;/h5-9H,2-4H2,1H3,(H,14,15,16)(H2,19,20,21)(H2,22,23,24);4*1H3/t7-,8+,9+,13+;;;;/m1..../s1. The van der Waals surface area contributed by atoms with Gasteiger partial charge in [0.15, 0.2) is 11.5 Å². The minimum absolute atomic E-state index is 0. The summed E-state index contributed by atoms with van der Waals surface area (Å²) < 4.78 is 32.9. The Balaban J connectivity index is 0.00000240. The van der Waals surface area contributed by atoms with Crippen LogP contribution in [0.4, 0.5) is 5.82 Å². The zero-order valence-corrected chi connectivity index (χ0v) is 20.2. The minimum Gasteiger partial charge on any atom is -0.790 e. The van der Waals surface area contributed by atoms with Crippen molar-refractivity contribution in [2.45, 2.75) is 25.0 Å². The molecule has 17 nitrogen and oxygen atoms in total. The van der Waals surface area contributed by atoms with E-state index < -0.39 is 33.8 Å². The molecule has 2 saturated carbocycles. The first-order valence-electron chi connectivity index (χ1n) is 8.26. The predicted molar refractivity (Wildman–Crippen MR) is 109 cm³/mol. The quantitative estimate of drug-likeness (QED) is 0.295. The number of hydrogen-bond donors (Lipinski definition) is 5. The zero-order valence-electron chi connectivity index (χ0n) is 18.5. The van der Waals surface area contributed by atoms with Crippen LogP contribution in [0.3, 0.4) is 0 Å². The lowest BCUT2D eigenvalue weighted by molar-refractivity contribution is -0.347. The number of imidazole rings is 1. The Bertz CT molecular complexity index is 1010. The van der Waals surface area contributed by atoms with Gasteiger partial charge >= 0.3 is 0 Å². The van der Waals surface area contributed by atoms with E-state index in [1.54, 1.807) is 11.6 Å². The van der Waals surface area contributed by atoms with Crippen molar-refractivity contribution in [3.63, 3.8) is 0 Å². The number of nitrogens with zero attached hydrogens (tertiary/aromatic N) is 4. The van der Waals surface area contributed by atoms with Crippen molar-refractivity contribution in [2.24, 2.45) is 11.3 Å². The van der Waals surface area contributed by atoms with Gasteiger partial charge in [-0.2, -0.15) is 0 Å². The fourth-order valence-corrected chi connectivity index (χ4v) is 5.21. The summed E-state index contributed by atoms with van der Waals surface area (Å²) in [4.78, 5) is 56.7. The number of anilines is 1. The molecule has 0 bridgehead atoms. The first-order valence-corrected chi connectivity index (χ1v) is 11.2. The first kappa shape index (κ1) is 30.4. The van der Waals surface area contributed by atoms with E-state index in [0.29, 0.717) is 23.4 Å². The number of nitrogens with one attached hydrogen (secondary N) is 1. The molecule has 2 heterocycles. The van der Waals surface area contributed by atoms with Crippen molar-refractivity contribution in [2.75, 3.05) is 19.0 Å². The van der Waals surface area contributed by atoms with Crippen LogP contribution in [0.25, 0.3) is 11.2 Å². The maximum atomic E-state index is 11.2. The van der Waals surface area contributed by atoms with E-state index in [-0.39, 0.29) is 43.0 Å². The lowest BCUT2D eigenvalue weighted by Gasteiger charge is -2.37. The zero-order chi connectivity index (χ0) is 20.3. The molecule has 0 radical (unpaired) electrons. The van der Waals surface area contributed by atoms with E-state index in [4.69, 9.17) is 4.52 Å². The Hall–Kier alpha value is -1.59. The molecule has 2 fully saturated rings. The summed E-state index contributed by atoms with van der Waals surface area (Å²) in [6.45, 7) is -0.549. The van der Waals surface area contributed by atoms with Gasteiger partial charge in [-0.25, -0.2) is 15.0 Å². The lowest BCUT2D eigenvalue weighted by Crippen LogP contribution is -2.32. The molecule has 2 aliphatic carbocycles. The van der Waals surface area contributed by atoms with Crippen molar-refractivity contribution >= 4 is 32.6 Å². The number of aromatic nitrogens is 4. The van der Waals surface area contributed by atoms with Crippen LogP contribution in [0.5, 0.6) is 0 Å². The summed E-state index contributed by atoms with van der Waals surface area (Å²) in [6, 6.07) is -0.373. The van der Waals surface area contributed by atoms with Gasteiger partial charge in [-0.15, -0.1) is 0 Å². The molecule has 186 valence electrons. The van der Waals surface area contributed by atoms with Gasteiger partial charge < -0.3 is 72.2 Å². The second-order valence-electron chi connectivity index (χ2n) is 6.91. The monoisotopic (exact) mass is 503 g/mol. The van der Waals surface area contributed by atoms with Gasteiger partial charge in [0, 0.05) is 18.5 Å². The molecule has 0 unspecified atom stereocenters. The molecule has 0 spiro atoms. The van der Waals surface area contributed by atoms with Crippen LogP contribution < -0.4 is 49.5 Å². The second kappa shape index (κ2) is 10.1. The lowest BCUT2D eigenvalue weighted by atomic mass is 10.0. The molecule has 2 aromatic rings. The molecule has 2 aliphatic rings. The average molecular weight is 503 g/mol. The molecule has 0 saturated heterocycles. The summed E-state index contributed by atoms with van der Waals surface area (Å²) in [5.74, 6) is 0.225. The van der Waals surface area contributed by atoms with E-state index in [1.807, 2.05) is 0 Å². The molecule has 2 aromatic heterocycles. The Morgan fingerprint density at radius 2 is 1.78 bits per heavy atom. The van der Waals surface area contributed by atoms with Crippen molar-refractivity contribution < 1.29 is 37.8 Å². The van der Waals surface area contributed by atoms with Gasteiger partial charge in [-0.3, -0.25) is 0 Å². The van der Waals surface area contributed by atoms with Crippen molar-refractivity contribution in [3.8, 4) is 0 Å². The van der Waals surface area contributed by atoms with Crippen LogP contribution in [0.1, 0.15) is 18.9 Å². The molecule has 17 N–H and O–H groups in total. The van der Waals surface area contributed by atoms with E-state index in [9.17, 15) is 28.7 Å². The molecule has 4 atom stereocenters. The van der Waals surface area contributed by atoms with Crippen LogP contribution in [-0.4, -0.2) is 39.3 Å². The number of phosphoric acid groups is 2.